The third-order valence-corrected chi connectivity index (χ3v) is 3.44. The number of rotatable bonds is 9. The van der Waals surface area contributed by atoms with Crippen molar-refractivity contribution in [1.29, 1.82) is 0 Å². The summed E-state index contributed by atoms with van der Waals surface area (Å²) in [6, 6.07) is 9.35. The van der Waals surface area contributed by atoms with Gasteiger partial charge in [-0.3, -0.25) is 4.79 Å². The van der Waals surface area contributed by atoms with Crippen LogP contribution in [0.25, 0.3) is 0 Å². The minimum absolute atomic E-state index is 0.0930. The first kappa shape index (κ1) is 16.7. The zero-order valence-electron chi connectivity index (χ0n) is 12.6. The quantitative estimate of drug-likeness (QED) is 0.729. The van der Waals surface area contributed by atoms with E-state index in [9.17, 15) is 9.90 Å². The molecule has 0 radical (unpaired) electrons. The summed E-state index contributed by atoms with van der Waals surface area (Å²) in [6.07, 6.45) is 0.944. The molecule has 0 fully saturated rings. The van der Waals surface area contributed by atoms with Gasteiger partial charge in [0.15, 0.2) is 0 Å². The van der Waals surface area contributed by atoms with Crippen LogP contribution in [0.1, 0.15) is 31.7 Å². The number of carbonyl (C=O) groups is 1. The fraction of sp³-hybridized carbons (Fsp3) is 0.562. The zero-order valence-corrected chi connectivity index (χ0v) is 12.6. The first-order valence-corrected chi connectivity index (χ1v) is 6.94. The van der Waals surface area contributed by atoms with Crippen LogP contribution in [-0.2, 0) is 9.53 Å². The highest BCUT2D eigenvalue weighted by atomic mass is 16.5. The number of carboxylic acids is 1. The summed E-state index contributed by atoms with van der Waals surface area (Å²) in [7, 11) is 1.69. The summed E-state index contributed by atoms with van der Waals surface area (Å²) in [5, 5.41) is 12.6. The van der Waals surface area contributed by atoms with Crippen molar-refractivity contribution in [2.24, 2.45) is 5.41 Å². The molecule has 0 amide bonds. The normalized spacial score (nSPS) is 13.2. The number of carboxylic acid groups (broad SMARTS) is 1. The van der Waals surface area contributed by atoms with Gasteiger partial charge in [-0.15, -0.1) is 0 Å². The van der Waals surface area contributed by atoms with Crippen LogP contribution in [-0.4, -0.2) is 37.9 Å². The topological polar surface area (TPSA) is 58.6 Å². The third kappa shape index (κ3) is 5.72. The van der Waals surface area contributed by atoms with Crippen LogP contribution in [0.4, 0.5) is 0 Å². The van der Waals surface area contributed by atoms with Gasteiger partial charge in [0.05, 0.1) is 5.92 Å². The lowest BCUT2D eigenvalue weighted by atomic mass is 9.89. The van der Waals surface area contributed by atoms with Crippen LogP contribution in [0.2, 0.25) is 0 Å². The van der Waals surface area contributed by atoms with E-state index in [1.165, 1.54) is 0 Å². The fourth-order valence-electron chi connectivity index (χ4n) is 2.05. The Morgan fingerprint density at radius 2 is 2.00 bits per heavy atom. The number of methoxy groups -OCH3 is 1. The van der Waals surface area contributed by atoms with Crippen LogP contribution >= 0.6 is 0 Å². The fourth-order valence-corrected chi connectivity index (χ4v) is 2.05. The Morgan fingerprint density at radius 3 is 2.55 bits per heavy atom. The second-order valence-electron chi connectivity index (χ2n) is 5.84. The van der Waals surface area contributed by atoms with Crippen LogP contribution in [0.15, 0.2) is 30.3 Å². The van der Waals surface area contributed by atoms with Gasteiger partial charge in [-0.25, -0.2) is 0 Å². The molecule has 0 aromatic heterocycles. The van der Waals surface area contributed by atoms with Crippen molar-refractivity contribution >= 4 is 5.97 Å². The first-order valence-electron chi connectivity index (χ1n) is 6.94. The Bertz CT molecular complexity index is 403. The largest absolute Gasteiger partial charge is 0.481 e. The summed E-state index contributed by atoms with van der Waals surface area (Å²) in [5.41, 5.74) is 0.928. The number of nitrogens with one attached hydrogen (secondary N) is 1. The van der Waals surface area contributed by atoms with Gasteiger partial charge in [0, 0.05) is 26.8 Å². The number of hydrogen-bond acceptors (Lipinski definition) is 3. The summed E-state index contributed by atoms with van der Waals surface area (Å²) >= 11 is 0. The lowest BCUT2D eigenvalue weighted by Crippen LogP contribution is -2.35. The lowest BCUT2D eigenvalue weighted by Gasteiger charge is -2.25. The number of ether oxygens (including phenoxy) is 1. The summed E-state index contributed by atoms with van der Waals surface area (Å²) in [5.74, 6) is -1.30. The molecule has 0 bridgehead atoms. The van der Waals surface area contributed by atoms with E-state index in [1.807, 2.05) is 30.3 Å². The lowest BCUT2D eigenvalue weighted by molar-refractivity contribution is -0.138. The zero-order chi connectivity index (χ0) is 15.0. The molecule has 1 rings (SSSR count). The Labute approximate surface area is 121 Å². The van der Waals surface area contributed by atoms with Crippen molar-refractivity contribution in [3.05, 3.63) is 35.9 Å². The monoisotopic (exact) mass is 279 g/mol. The van der Waals surface area contributed by atoms with Crippen molar-refractivity contribution in [2.75, 3.05) is 26.8 Å². The molecule has 4 nitrogen and oxygen atoms in total. The maximum absolute atomic E-state index is 11.4. The molecule has 4 heteroatoms. The van der Waals surface area contributed by atoms with E-state index in [0.29, 0.717) is 6.54 Å². The summed E-state index contributed by atoms with van der Waals surface area (Å²) in [6.45, 7) is 6.23. The maximum atomic E-state index is 11.4. The standard InChI is InChI=1S/C16H25NO3/c1-16(2,9-10-20-3)12-17-11-14(15(18)19)13-7-5-4-6-8-13/h4-8,14,17H,9-12H2,1-3H3,(H,18,19). The molecule has 0 aliphatic heterocycles. The number of hydrogen-bond donors (Lipinski definition) is 2. The molecule has 1 unspecified atom stereocenters. The SMILES string of the molecule is COCCC(C)(C)CNCC(C(=O)O)c1ccccc1. The Kier molecular flexibility index (Phi) is 6.68. The van der Waals surface area contributed by atoms with Gasteiger partial charge in [0.1, 0.15) is 0 Å². The predicted octanol–water partition coefficient (Wildman–Crippen LogP) is 2.51. The molecular weight excluding hydrogens is 254 g/mol. The van der Waals surface area contributed by atoms with Gasteiger partial charge in [-0.1, -0.05) is 44.2 Å². The molecule has 0 saturated heterocycles. The molecule has 1 aromatic carbocycles. The van der Waals surface area contributed by atoms with Gasteiger partial charge in [-0.2, -0.15) is 0 Å². The van der Waals surface area contributed by atoms with Crippen molar-refractivity contribution in [2.45, 2.75) is 26.2 Å². The van der Waals surface area contributed by atoms with E-state index < -0.39 is 11.9 Å². The second kappa shape index (κ2) is 8.02. The molecule has 0 aliphatic carbocycles. The van der Waals surface area contributed by atoms with E-state index in [0.717, 1.165) is 25.1 Å². The van der Waals surface area contributed by atoms with Crippen LogP contribution in [0.3, 0.4) is 0 Å². The second-order valence-corrected chi connectivity index (χ2v) is 5.84. The van der Waals surface area contributed by atoms with Crippen molar-refractivity contribution in [3.63, 3.8) is 0 Å². The van der Waals surface area contributed by atoms with Gasteiger partial charge in [0.2, 0.25) is 0 Å². The minimum Gasteiger partial charge on any atom is -0.481 e. The molecule has 2 N–H and O–H groups in total. The molecule has 0 aliphatic rings. The van der Waals surface area contributed by atoms with E-state index >= 15 is 0 Å². The molecule has 0 spiro atoms. The van der Waals surface area contributed by atoms with Crippen LogP contribution in [0, 0.1) is 5.41 Å². The van der Waals surface area contributed by atoms with Crippen LogP contribution < -0.4 is 5.32 Å². The van der Waals surface area contributed by atoms with Crippen molar-refractivity contribution in [1.82, 2.24) is 5.32 Å². The Morgan fingerprint density at radius 1 is 1.35 bits per heavy atom. The van der Waals surface area contributed by atoms with E-state index in [1.54, 1.807) is 7.11 Å². The average molecular weight is 279 g/mol. The van der Waals surface area contributed by atoms with Gasteiger partial charge in [0.25, 0.3) is 0 Å². The molecule has 1 aromatic rings. The predicted molar refractivity (Wildman–Crippen MR) is 80.0 cm³/mol. The molecule has 112 valence electrons. The molecule has 0 saturated carbocycles. The highest BCUT2D eigenvalue weighted by Gasteiger charge is 2.22. The van der Waals surface area contributed by atoms with E-state index in [4.69, 9.17) is 4.74 Å². The summed E-state index contributed by atoms with van der Waals surface area (Å²) in [4.78, 5) is 11.4. The first-order chi connectivity index (χ1) is 9.46. The molecule has 1 atom stereocenters. The highest BCUT2D eigenvalue weighted by molar-refractivity contribution is 5.76. The van der Waals surface area contributed by atoms with Crippen molar-refractivity contribution < 1.29 is 14.6 Å². The van der Waals surface area contributed by atoms with Gasteiger partial charge >= 0.3 is 5.97 Å². The third-order valence-electron chi connectivity index (χ3n) is 3.44. The van der Waals surface area contributed by atoms with Gasteiger partial charge < -0.3 is 15.2 Å². The molecule has 20 heavy (non-hydrogen) atoms. The molecular formula is C16H25NO3. The van der Waals surface area contributed by atoms with Crippen LogP contribution in [0.5, 0.6) is 0 Å². The smallest absolute Gasteiger partial charge is 0.312 e. The highest BCUT2D eigenvalue weighted by Crippen LogP contribution is 2.20. The van der Waals surface area contributed by atoms with E-state index in [2.05, 4.69) is 19.2 Å². The average Bonchev–Trinajstić information content (AvgIpc) is 2.42. The Balaban J connectivity index is 2.51. The number of benzene rings is 1. The Hall–Kier alpha value is -1.39. The van der Waals surface area contributed by atoms with E-state index in [-0.39, 0.29) is 5.41 Å². The minimum atomic E-state index is -0.793. The molecule has 0 heterocycles. The van der Waals surface area contributed by atoms with Crippen molar-refractivity contribution in [3.8, 4) is 0 Å². The number of aliphatic carboxylic acids is 1. The summed E-state index contributed by atoms with van der Waals surface area (Å²) < 4.78 is 5.09. The maximum Gasteiger partial charge on any atom is 0.312 e. The van der Waals surface area contributed by atoms with Gasteiger partial charge in [-0.05, 0) is 17.4 Å².